The molecule has 1 heterocycles. The van der Waals surface area contributed by atoms with Gasteiger partial charge in [-0.25, -0.2) is 0 Å². The predicted octanol–water partition coefficient (Wildman–Crippen LogP) is 5.51. The fourth-order valence-corrected chi connectivity index (χ4v) is 5.61. The average molecular weight is 400 g/mol. The Morgan fingerprint density at radius 1 is 1.04 bits per heavy atom. The molecule has 158 valence electrons. The van der Waals surface area contributed by atoms with Crippen LogP contribution in [-0.4, -0.2) is 40.5 Å². The highest BCUT2D eigenvalue weighted by Crippen LogP contribution is 2.19. The largest absolute Gasteiger partial charge is 0.481 e. The van der Waals surface area contributed by atoms with Crippen LogP contribution in [-0.2, 0) is 15.8 Å². The van der Waals surface area contributed by atoms with Crippen LogP contribution in [0.2, 0.25) is 19.1 Å². The average Bonchev–Trinajstić information content (AvgIpc) is 3.04. The summed E-state index contributed by atoms with van der Waals surface area (Å²) in [5, 5.41) is 15.2. The van der Waals surface area contributed by atoms with E-state index in [0.717, 1.165) is 13.5 Å². The Kier molecular flexibility index (Phi) is 15.1. The molecule has 27 heavy (non-hydrogen) atoms. The minimum Gasteiger partial charge on any atom is -0.481 e. The van der Waals surface area contributed by atoms with Gasteiger partial charge in [0, 0.05) is 25.8 Å². The maximum absolute atomic E-state index is 9.00. The molecule has 0 saturated carbocycles. The van der Waals surface area contributed by atoms with Crippen LogP contribution in [0.4, 0.5) is 0 Å². The van der Waals surface area contributed by atoms with Gasteiger partial charge in [0.2, 0.25) is 0 Å². The minimum atomic E-state index is -1.39. The van der Waals surface area contributed by atoms with E-state index in [-0.39, 0.29) is 0 Å². The standard InChI is InChI=1S/C18H37N3OSi.C2H4O2/c1-18(2)22-23(3,4)17-13-11-9-7-5-6-8-10-12-15-21-16-14-19-20-21;1-2(3)4/h14,16,18H,5-13,15,17H2,1-4H3;1H3,(H,3,4). The number of hydrogen-bond donors (Lipinski definition) is 1. The lowest BCUT2D eigenvalue weighted by atomic mass is 10.1. The molecule has 0 unspecified atom stereocenters. The third-order valence-electron chi connectivity index (χ3n) is 4.19. The third-order valence-corrected chi connectivity index (χ3v) is 6.86. The summed E-state index contributed by atoms with van der Waals surface area (Å²) in [5.74, 6) is -0.833. The molecule has 0 saturated heterocycles. The van der Waals surface area contributed by atoms with E-state index in [4.69, 9.17) is 14.3 Å². The van der Waals surface area contributed by atoms with Gasteiger partial charge >= 0.3 is 0 Å². The molecule has 0 aromatic carbocycles. The van der Waals surface area contributed by atoms with Gasteiger partial charge in [-0.1, -0.05) is 56.6 Å². The molecule has 0 bridgehead atoms. The number of unbranched alkanes of at least 4 members (excludes halogenated alkanes) is 8. The van der Waals surface area contributed by atoms with E-state index in [0.29, 0.717) is 6.10 Å². The van der Waals surface area contributed by atoms with Gasteiger partial charge in [-0.05, 0) is 39.4 Å². The monoisotopic (exact) mass is 399 g/mol. The molecule has 1 N–H and O–H groups in total. The fraction of sp³-hybridized carbons (Fsp3) is 0.850. The van der Waals surface area contributed by atoms with Crippen LogP contribution in [0, 0.1) is 0 Å². The summed E-state index contributed by atoms with van der Waals surface area (Å²) in [6.45, 7) is 11.1. The molecule has 0 amide bonds. The molecule has 0 fully saturated rings. The Labute approximate surface area is 166 Å². The Morgan fingerprint density at radius 2 is 1.52 bits per heavy atom. The topological polar surface area (TPSA) is 77.2 Å². The van der Waals surface area contributed by atoms with E-state index < -0.39 is 14.3 Å². The summed E-state index contributed by atoms with van der Waals surface area (Å²) in [6, 6.07) is 1.31. The maximum atomic E-state index is 9.00. The summed E-state index contributed by atoms with van der Waals surface area (Å²) in [7, 11) is -1.39. The second-order valence-corrected chi connectivity index (χ2v) is 12.3. The zero-order chi connectivity index (χ0) is 20.5. The van der Waals surface area contributed by atoms with Crippen molar-refractivity contribution >= 4 is 14.3 Å². The molecule has 6 nitrogen and oxygen atoms in total. The summed E-state index contributed by atoms with van der Waals surface area (Å²) in [6.07, 6.45) is 16.3. The lowest BCUT2D eigenvalue weighted by Gasteiger charge is -2.25. The third kappa shape index (κ3) is 19.4. The molecule has 0 atom stereocenters. The van der Waals surface area contributed by atoms with Gasteiger partial charge in [0.15, 0.2) is 8.32 Å². The van der Waals surface area contributed by atoms with E-state index in [1.807, 2.05) is 10.9 Å². The van der Waals surface area contributed by atoms with Gasteiger partial charge in [-0.15, -0.1) is 5.10 Å². The Balaban J connectivity index is 0.00000153. The summed E-state index contributed by atoms with van der Waals surface area (Å²) in [4.78, 5) is 9.00. The lowest BCUT2D eigenvalue weighted by molar-refractivity contribution is -0.134. The lowest BCUT2D eigenvalue weighted by Crippen LogP contribution is -2.33. The fourth-order valence-electron chi connectivity index (χ4n) is 3.11. The SMILES string of the molecule is CC(=O)O.CC(C)O[Si](C)(C)CCCCCCCCCCCn1ccnn1. The van der Waals surface area contributed by atoms with Crippen LogP contribution in [0.25, 0.3) is 0 Å². The Morgan fingerprint density at radius 3 is 1.96 bits per heavy atom. The number of aliphatic carboxylic acids is 1. The second kappa shape index (κ2) is 15.8. The number of nitrogens with zero attached hydrogens (tertiary/aromatic N) is 3. The van der Waals surface area contributed by atoms with Crippen molar-refractivity contribution in [2.24, 2.45) is 0 Å². The second-order valence-electron chi connectivity index (χ2n) is 8.04. The highest BCUT2D eigenvalue weighted by molar-refractivity contribution is 6.71. The molecule has 1 rings (SSSR count). The van der Waals surface area contributed by atoms with E-state index in [2.05, 4.69) is 37.3 Å². The molecule has 7 heteroatoms. The number of hydrogen-bond acceptors (Lipinski definition) is 4. The summed E-state index contributed by atoms with van der Waals surface area (Å²) >= 11 is 0. The van der Waals surface area contributed by atoms with E-state index in [9.17, 15) is 0 Å². The number of carboxylic acids is 1. The molecule has 0 aliphatic carbocycles. The first kappa shape index (κ1) is 25.8. The molecular formula is C20H41N3O3Si. The number of carbonyl (C=O) groups is 1. The van der Waals surface area contributed by atoms with Crippen LogP contribution in [0.3, 0.4) is 0 Å². The molecule has 0 aliphatic rings. The first-order valence-corrected chi connectivity index (χ1v) is 13.6. The van der Waals surface area contributed by atoms with Gasteiger partial charge in [-0.3, -0.25) is 9.48 Å². The van der Waals surface area contributed by atoms with Crippen LogP contribution in [0.5, 0.6) is 0 Å². The van der Waals surface area contributed by atoms with Crippen LogP contribution >= 0.6 is 0 Å². The molecule has 0 radical (unpaired) electrons. The van der Waals surface area contributed by atoms with Crippen molar-refractivity contribution in [3.63, 3.8) is 0 Å². The zero-order valence-electron chi connectivity index (χ0n) is 18.1. The highest BCUT2D eigenvalue weighted by Gasteiger charge is 2.22. The van der Waals surface area contributed by atoms with Crippen molar-refractivity contribution in [2.75, 3.05) is 0 Å². The molecule has 0 aliphatic heterocycles. The molecule has 0 spiro atoms. The Bertz CT molecular complexity index is 461. The van der Waals surface area contributed by atoms with Crippen LogP contribution in [0.15, 0.2) is 12.4 Å². The van der Waals surface area contributed by atoms with Gasteiger partial charge in [-0.2, -0.15) is 0 Å². The summed E-state index contributed by atoms with van der Waals surface area (Å²) < 4.78 is 8.00. The summed E-state index contributed by atoms with van der Waals surface area (Å²) in [5.41, 5.74) is 0. The predicted molar refractivity (Wildman–Crippen MR) is 113 cm³/mol. The molecule has 1 aromatic heterocycles. The minimum absolute atomic E-state index is 0.390. The number of aryl methyl sites for hydroxylation is 1. The van der Waals surface area contributed by atoms with Crippen molar-refractivity contribution in [2.45, 2.75) is 110 Å². The van der Waals surface area contributed by atoms with E-state index in [1.165, 1.54) is 63.8 Å². The van der Waals surface area contributed by atoms with Gasteiger partial charge in [0.25, 0.3) is 5.97 Å². The van der Waals surface area contributed by atoms with Crippen molar-refractivity contribution in [1.82, 2.24) is 15.0 Å². The van der Waals surface area contributed by atoms with E-state index >= 15 is 0 Å². The van der Waals surface area contributed by atoms with Gasteiger partial charge in [0.05, 0.1) is 6.20 Å². The zero-order valence-corrected chi connectivity index (χ0v) is 19.1. The highest BCUT2D eigenvalue weighted by atomic mass is 28.4. The quantitative estimate of drug-likeness (QED) is 0.330. The van der Waals surface area contributed by atoms with Crippen molar-refractivity contribution in [3.05, 3.63) is 12.4 Å². The van der Waals surface area contributed by atoms with E-state index in [1.54, 1.807) is 6.20 Å². The molecule has 1 aromatic rings. The number of aromatic nitrogens is 3. The van der Waals surface area contributed by atoms with Gasteiger partial charge in [0.1, 0.15) is 0 Å². The van der Waals surface area contributed by atoms with Crippen molar-refractivity contribution in [1.29, 1.82) is 0 Å². The maximum Gasteiger partial charge on any atom is 0.300 e. The number of carboxylic acid groups (broad SMARTS) is 1. The first-order valence-electron chi connectivity index (χ1n) is 10.4. The molecular weight excluding hydrogens is 358 g/mol. The van der Waals surface area contributed by atoms with Crippen LogP contribution in [0.1, 0.15) is 78.6 Å². The number of rotatable bonds is 14. The smallest absolute Gasteiger partial charge is 0.300 e. The van der Waals surface area contributed by atoms with Crippen molar-refractivity contribution < 1.29 is 14.3 Å². The first-order chi connectivity index (χ1) is 12.7. The van der Waals surface area contributed by atoms with Crippen molar-refractivity contribution in [3.8, 4) is 0 Å². The van der Waals surface area contributed by atoms with Crippen LogP contribution < -0.4 is 0 Å². The Hall–Kier alpha value is -1.21. The van der Waals surface area contributed by atoms with Gasteiger partial charge < -0.3 is 9.53 Å². The normalized spacial score (nSPS) is 11.3.